The molecule has 4 nitrogen and oxygen atoms in total. The van der Waals surface area contributed by atoms with Crippen LogP contribution in [0, 0.1) is 0 Å². The minimum Gasteiger partial charge on any atom is -0.492 e. The second-order valence-electron chi connectivity index (χ2n) is 4.99. The van der Waals surface area contributed by atoms with Crippen molar-refractivity contribution >= 4 is 63.3 Å². The Morgan fingerprint density at radius 3 is 2.46 bits per heavy atom. The molecular formula is C16H11Cl4N3O. The quantitative estimate of drug-likeness (QED) is 0.589. The number of benzene rings is 2. The normalized spacial score (nSPS) is 11.0. The maximum Gasteiger partial charge on any atom is 0.220 e. The zero-order valence-electron chi connectivity index (χ0n) is 12.2. The Hall–Kier alpha value is -1.46. The second-order valence-corrected chi connectivity index (χ2v) is 6.64. The number of aromatic nitrogens is 2. The fourth-order valence-electron chi connectivity index (χ4n) is 2.25. The third-order valence-electron chi connectivity index (χ3n) is 3.33. The molecule has 0 saturated carbocycles. The lowest BCUT2D eigenvalue weighted by molar-refractivity contribution is 0.321. The fraction of sp³-hybridized carbons (Fsp3) is 0.125. The predicted molar refractivity (Wildman–Crippen MR) is 99.6 cm³/mol. The van der Waals surface area contributed by atoms with Crippen LogP contribution >= 0.6 is 46.4 Å². The van der Waals surface area contributed by atoms with E-state index >= 15 is 0 Å². The van der Waals surface area contributed by atoms with Crippen molar-refractivity contribution in [3.63, 3.8) is 0 Å². The Kier molecular flexibility index (Phi) is 5.21. The van der Waals surface area contributed by atoms with Gasteiger partial charge in [0.1, 0.15) is 5.75 Å². The van der Waals surface area contributed by atoms with E-state index in [1.165, 1.54) is 0 Å². The highest BCUT2D eigenvalue weighted by Gasteiger charge is 2.10. The fourth-order valence-corrected chi connectivity index (χ4v) is 3.01. The van der Waals surface area contributed by atoms with Crippen LogP contribution in [0.1, 0.15) is 5.69 Å². The van der Waals surface area contributed by atoms with Crippen molar-refractivity contribution in [3.8, 4) is 5.75 Å². The number of nitrogen functional groups attached to an aromatic ring is 1. The van der Waals surface area contributed by atoms with Gasteiger partial charge in [-0.05, 0) is 24.3 Å². The molecule has 24 heavy (non-hydrogen) atoms. The van der Waals surface area contributed by atoms with Gasteiger partial charge in [0.05, 0.1) is 32.9 Å². The van der Waals surface area contributed by atoms with E-state index in [-0.39, 0.29) is 5.95 Å². The van der Waals surface area contributed by atoms with Crippen LogP contribution in [-0.4, -0.2) is 16.6 Å². The summed E-state index contributed by atoms with van der Waals surface area (Å²) in [6.07, 6.45) is 0.500. The minimum atomic E-state index is 0.201. The summed E-state index contributed by atoms with van der Waals surface area (Å²) in [5.41, 5.74) is 7.23. The number of anilines is 1. The van der Waals surface area contributed by atoms with Gasteiger partial charge < -0.3 is 10.5 Å². The first-order valence-electron chi connectivity index (χ1n) is 6.93. The van der Waals surface area contributed by atoms with E-state index in [9.17, 15) is 0 Å². The van der Waals surface area contributed by atoms with Crippen molar-refractivity contribution < 1.29 is 4.74 Å². The van der Waals surface area contributed by atoms with E-state index in [2.05, 4.69) is 9.97 Å². The summed E-state index contributed by atoms with van der Waals surface area (Å²) in [6.45, 7) is 0.329. The lowest BCUT2D eigenvalue weighted by atomic mass is 10.1. The van der Waals surface area contributed by atoms with Gasteiger partial charge in [-0.1, -0.05) is 46.4 Å². The standard InChI is InChI=1S/C16H11Cl4N3O/c17-8-1-2-13-9(5-8)14(23-16(21)22-13)3-4-24-15-7-11(19)10(18)6-12(15)20/h1-2,5-7H,3-4H2,(H2,21,22,23). The smallest absolute Gasteiger partial charge is 0.220 e. The van der Waals surface area contributed by atoms with Crippen molar-refractivity contribution in [3.05, 3.63) is 56.1 Å². The van der Waals surface area contributed by atoms with Crippen LogP contribution in [0.4, 0.5) is 5.95 Å². The number of hydrogen-bond donors (Lipinski definition) is 1. The highest BCUT2D eigenvalue weighted by Crippen LogP contribution is 2.34. The summed E-state index contributed by atoms with van der Waals surface area (Å²) in [5.74, 6) is 0.655. The monoisotopic (exact) mass is 401 g/mol. The number of fused-ring (bicyclic) bond motifs is 1. The summed E-state index contributed by atoms with van der Waals surface area (Å²) >= 11 is 24.0. The topological polar surface area (TPSA) is 61.0 Å². The molecule has 0 saturated heterocycles. The summed E-state index contributed by atoms with van der Waals surface area (Å²) in [6, 6.07) is 8.48. The summed E-state index contributed by atoms with van der Waals surface area (Å²) < 4.78 is 5.69. The van der Waals surface area contributed by atoms with Crippen LogP contribution in [0.3, 0.4) is 0 Å². The van der Waals surface area contributed by atoms with Crippen LogP contribution in [0.2, 0.25) is 20.1 Å². The van der Waals surface area contributed by atoms with E-state index in [1.807, 2.05) is 0 Å². The van der Waals surface area contributed by atoms with Crippen molar-refractivity contribution in [2.75, 3.05) is 12.3 Å². The number of nitrogens with zero attached hydrogens (tertiary/aromatic N) is 2. The molecule has 0 atom stereocenters. The first-order valence-corrected chi connectivity index (χ1v) is 8.44. The average molecular weight is 403 g/mol. The molecule has 2 N–H and O–H groups in total. The van der Waals surface area contributed by atoms with Gasteiger partial charge in [0.25, 0.3) is 0 Å². The lowest BCUT2D eigenvalue weighted by Crippen LogP contribution is -2.07. The number of halogens is 4. The third kappa shape index (κ3) is 3.78. The maximum absolute atomic E-state index is 6.09. The van der Waals surface area contributed by atoms with Gasteiger partial charge in [-0.3, -0.25) is 0 Å². The molecule has 8 heteroatoms. The number of nitrogens with two attached hydrogens (primary N) is 1. The molecular weight excluding hydrogens is 392 g/mol. The largest absolute Gasteiger partial charge is 0.492 e. The molecule has 0 aliphatic heterocycles. The average Bonchev–Trinajstić information content (AvgIpc) is 2.52. The molecule has 0 aliphatic rings. The molecule has 0 aliphatic carbocycles. The second kappa shape index (κ2) is 7.19. The van der Waals surface area contributed by atoms with Crippen LogP contribution in [0.25, 0.3) is 10.9 Å². The molecule has 0 unspecified atom stereocenters. The van der Waals surface area contributed by atoms with E-state index in [4.69, 9.17) is 56.9 Å². The molecule has 1 aromatic heterocycles. The van der Waals surface area contributed by atoms with Crippen molar-refractivity contribution in [1.29, 1.82) is 0 Å². The minimum absolute atomic E-state index is 0.201. The number of rotatable bonds is 4. The Balaban J connectivity index is 1.81. The highest BCUT2D eigenvalue weighted by molar-refractivity contribution is 6.43. The first-order chi connectivity index (χ1) is 11.4. The van der Waals surface area contributed by atoms with Crippen LogP contribution in [0.15, 0.2) is 30.3 Å². The Morgan fingerprint density at radius 1 is 0.917 bits per heavy atom. The molecule has 1 heterocycles. The van der Waals surface area contributed by atoms with Crippen LogP contribution < -0.4 is 10.5 Å². The molecule has 0 amide bonds. The molecule has 0 bridgehead atoms. The predicted octanol–water partition coefficient (Wildman–Crippen LogP) is 5.45. The SMILES string of the molecule is Nc1nc(CCOc2cc(Cl)c(Cl)cc2Cl)c2cc(Cl)ccc2n1. The van der Waals surface area contributed by atoms with E-state index < -0.39 is 0 Å². The molecule has 0 radical (unpaired) electrons. The van der Waals surface area contributed by atoms with E-state index in [0.717, 1.165) is 16.6 Å². The van der Waals surface area contributed by atoms with Crippen LogP contribution in [-0.2, 0) is 6.42 Å². The maximum atomic E-state index is 6.09. The molecule has 2 aromatic carbocycles. The first kappa shape index (κ1) is 17.4. The molecule has 3 aromatic rings. The van der Waals surface area contributed by atoms with Crippen molar-refractivity contribution in [2.45, 2.75) is 6.42 Å². The van der Waals surface area contributed by atoms with Crippen molar-refractivity contribution in [1.82, 2.24) is 9.97 Å². The summed E-state index contributed by atoms with van der Waals surface area (Å²) in [4.78, 5) is 8.47. The molecule has 124 valence electrons. The van der Waals surface area contributed by atoms with Gasteiger partial charge in [-0.25, -0.2) is 9.97 Å². The van der Waals surface area contributed by atoms with Gasteiger partial charge in [0.2, 0.25) is 5.95 Å². The highest BCUT2D eigenvalue weighted by atomic mass is 35.5. The zero-order chi connectivity index (χ0) is 17.3. The third-order valence-corrected chi connectivity index (χ3v) is 4.58. The summed E-state index contributed by atoms with van der Waals surface area (Å²) in [7, 11) is 0. The molecule has 3 rings (SSSR count). The molecule has 0 spiro atoms. The van der Waals surface area contributed by atoms with Gasteiger partial charge in [0.15, 0.2) is 0 Å². The van der Waals surface area contributed by atoms with E-state index in [1.54, 1.807) is 30.3 Å². The van der Waals surface area contributed by atoms with Gasteiger partial charge >= 0.3 is 0 Å². The van der Waals surface area contributed by atoms with Gasteiger partial charge in [0, 0.05) is 22.9 Å². The Bertz CT molecular complexity index is 917. The summed E-state index contributed by atoms with van der Waals surface area (Å²) in [5, 5.41) is 2.57. The zero-order valence-corrected chi connectivity index (χ0v) is 15.2. The van der Waals surface area contributed by atoms with Crippen LogP contribution in [0.5, 0.6) is 5.75 Å². The lowest BCUT2D eigenvalue weighted by Gasteiger charge is -2.11. The van der Waals surface area contributed by atoms with Gasteiger partial charge in [-0.15, -0.1) is 0 Å². The van der Waals surface area contributed by atoms with Gasteiger partial charge in [-0.2, -0.15) is 0 Å². The Morgan fingerprint density at radius 2 is 1.67 bits per heavy atom. The number of hydrogen-bond acceptors (Lipinski definition) is 4. The van der Waals surface area contributed by atoms with E-state index in [0.29, 0.717) is 38.9 Å². The Labute approximate surface area is 158 Å². The van der Waals surface area contributed by atoms with Crippen molar-refractivity contribution in [2.24, 2.45) is 0 Å². The number of ether oxygens (including phenoxy) is 1. The molecule has 0 fully saturated rings.